The molecule has 1 aliphatic rings. The van der Waals surface area contributed by atoms with Crippen molar-refractivity contribution in [3.8, 4) is 6.07 Å². The summed E-state index contributed by atoms with van der Waals surface area (Å²) < 4.78 is 1.24. The van der Waals surface area contributed by atoms with E-state index in [9.17, 15) is 0 Å². The molecule has 1 N–H and O–H groups in total. The van der Waals surface area contributed by atoms with E-state index in [1.807, 2.05) is 18.2 Å². The molecule has 0 saturated carbocycles. The lowest BCUT2D eigenvalue weighted by Gasteiger charge is -2.09. The summed E-state index contributed by atoms with van der Waals surface area (Å²) in [4.78, 5) is 0. The number of benzene rings is 1. The normalized spacial score (nSPS) is 17.6. The number of fused-ring (bicyclic) bond motifs is 1. The Hall–Kier alpha value is -0.760. The highest BCUT2D eigenvalue weighted by Gasteiger charge is 2.21. The molecule has 1 aromatic rings. The van der Waals surface area contributed by atoms with Crippen LogP contribution in [0.4, 0.5) is 5.69 Å². The maximum atomic E-state index is 8.90. The third-order valence-electron chi connectivity index (χ3n) is 3.10. The van der Waals surface area contributed by atoms with Gasteiger partial charge in [-0.25, -0.2) is 0 Å². The fourth-order valence-corrected chi connectivity index (χ4v) is 2.76. The van der Waals surface area contributed by atoms with Crippen LogP contribution in [0.3, 0.4) is 0 Å². The zero-order valence-electron chi connectivity index (χ0n) is 9.17. The molecule has 0 amide bonds. The van der Waals surface area contributed by atoms with Crippen LogP contribution in [0, 0.1) is 11.3 Å². The summed E-state index contributed by atoms with van der Waals surface area (Å²) in [7, 11) is 0. The fourth-order valence-electron chi connectivity index (χ4n) is 2.22. The van der Waals surface area contributed by atoms with Gasteiger partial charge in [-0.1, -0.05) is 29.0 Å². The Morgan fingerprint density at radius 3 is 3.06 bits per heavy atom. The van der Waals surface area contributed by atoms with E-state index in [1.165, 1.54) is 34.9 Å². The van der Waals surface area contributed by atoms with Crippen molar-refractivity contribution in [2.45, 2.75) is 25.2 Å². The maximum Gasteiger partial charge on any atom is 0.0991 e. The van der Waals surface area contributed by atoms with Gasteiger partial charge in [-0.05, 0) is 41.0 Å². The number of halogens is 1. The van der Waals surface area contributed by atoms with E-state index in [2.05, 4.69) is 34.0 Å². The van der Waals surface area contributed by atoms with Gasteiger partial charge in [0.1, 0.15) is 0 Å². The van der Waals surface area contributed by atoms with E-state index in [0.29, 0.717) is 5.92 Å². The van der Waals surface area contributed by atoms with E-state index >= 15 is 0 Å². The van der Waals surface area contributed by atoms with Gasteiger partial charge >= 0.3 is 0 Å². The third-order valence-corrected chi connectivity index (χ3v) is 3.86. The van der Waals surface area contributed by atoms with Crippen molar-refractivity contribution >= 4 is 28.3 Å². The van der Waals surface area contributed by atoms with Crippen LogP contribution in [-0.2, 0) is 0 Å². The first-order chi connectivity index (χ1) is 7.85. The molecule has 1 heterocycles. The smallest absolute Gasteiger partial charge is 0.0991 e. The number of anilines is 1. The van der Waals surface area contributed by atoms with Gasteiger partial charge in [0, 0.05) is 18.2 Å². The van der Waals surface area contributed by atoms with Crippen LogP contribution < -0.4 is 5.32 Å². The van der Waals surface area contributed by atoms with Crippen molar-refractivity contribution in [2.75, 3.05) is 16.3 Å². The Morgan fingerprint density at radius 1 is 1.44 bits per heavy atom. The molecule has 0 spiro atoms. The Bertz CT molecular complexity index is 409. The van der Waals surface area contributed by atoms with Gasteiger partial charge in [-0.3, -0.25) is 0 Å². The number of hydrogen-bond acceptors (Lipinski definition) is 2. The molecule has 0 radical (unpaired) electrons. The molecule has 84 valence electrons. The van der Waals surface area contributed by atoms with Gasteiger partial charge in [0.05, 0.1) is 11.6 Å². The number of hydrogen-bond donors (Lipinski definition) is 1. The highest BCUT2D eigenvalue weighted by molar-refractivity contribution is 14.1. The summed E-state index contributed by atoms with van der Waals surface area (Å²) >= 11 is 2.43. The summed E-state index contributed by atoms with van der Waals surface area (Å²) in [6.07, 6.45) is 3.81. The monoisotopic (exact) mass is 326 g/mol. The van der Waals surface area contributed by atoms with Gasteiger partial charge in [0.2, 0.25) is 0 Å². The molecule has 0 aliphatic carbocycles. The highest BCUT2D eigenvalue weighted by Crippen LogP contribution is 2.35. The molecule has 2 rings (SSSR count). The summed E-state index contributed by atoms with van der Waals surface area (Å²) in [5.74, 6) is 0.603. The minimum absolute atomic E-state index is 0.603. The second-order valence-corrected chi connectivity index (χ2v) is 5.26. The molecular formula is C13H15IN2. The van der Waals surface area contributed by atoms with E-state index in [-0.39, 0.29) is 0 Å². The summed E-state index contributed by atoms with van der Waals surface area (Å²) in [5, 5.41) is 12.3. The SMILES string of the molecule is N#Cc1ccc2c(c1)C(CCCCI)CN2. The first kappa shape index (κ1) is 11.7. The maximum absolute atomic E-state index is 8.90. The van der Waals surface area contributed by atoms with Crippen LogP contribution >= 0.6 is 22.6 Å². The predicted octanol–water partition coefficient (Wildman–Crippen LogP) is 3.67. The largest absolute Gasteiger partial charge is 0.384 e. The Labute approximate surface area is 110 Å². The van der Waals surface area contributed by atoms with E-state index in [0.717, 1.165) is 12.1 Å². The first-order valence-corrected chi connectivity index (χ1v) is 7.21. The Balaban J connectivity index is 2.09. The second-order valence-electron chi connectivity index (χ2n) is 4.18. The van der Waals surface area contributed by atoms with E-state index in [4.69, 9.17) is 5.26 Å². The van der Waals surface area contributed by atoms with Gasteiger partial charge in [0.15, 0.2) is 0 Å². The topological polar surface area (TPSA) is 35.8 Å². The van der Waals surface area contributed by atoms with Crippen molar-refractivity contribution in [3.05, 3.63) is 29.3 Å². The molecule has 16 heavy (non-hydrogen) atoms. The zero-order chi connectivity index (χ0) is 11.4. The average Bonchev–Trinajstić information content (AvgIpc) is 2.72. The lowest BCUT2D eigenvalue weighted by Crippen LogP contribution is -2.01. The number of alkyl halides is 1. The van der Waals surface area contributed by atoms with Gasteiger partial charge < -0.3 is 5.32 Å². The summed E-state index contributed by atoms with van der Waals surface area (Å²) in [5.41, 5.74) is 3.34. The molecule has 1 atom stereocenters. The van der Waals surface area contributed by atoms with E-state index < -0.39 is 0 Å². The number of nitrogens with zero attached hydrogens (tertiary/aromatic N) is 1. The second kappa shape index (κ2) is 5.53. The van der Waals surface area contributed by atoms with Crippen LogP contribution in [0.15, 0.2) is 18.2 Å². The molecule has 1 aliphatic heterocycles. The quantitative estimate of drug-likeness (QED) is 0.521. The van der Waals surface area contributed by atoms with Crippen molar-refractivity contribution in [2.24, 2.45) is 0 Å². The minimum atomic E-state index is 0.603. The number of unbranched alkanes of at least 4 members (excludes halogenated alkanes) is 1. The van der Waals surface area contributed by atoms with Gasteiger partial charge in [-0.2, -0.15) is 5.26 Å². The van der Waals surface area contributed by atoms with Crippen LogP contribution in [0.25, 0.3) is 0 Å². The third kappa shape index (κ3) is 2.49. The van der Waals surface area contributed by atoms with Crippen molar-refractivity contribution < 1.29 is 0 Å². The van der Waals surface area contributed by atoms with Crippen molar-refractivity contribution in [1.29, 1.82) is 5.26 Å². The molecule has 1 aromatic carbocycles. The van der Waals surface area contributed by atoms with Crippen LogP contribution in [0.2, 0.25) is 0 Å². The standard InChI is InChI=1S/C13H15IN2/c14-6-2-1-3-11-9-16-13-5-4-10(8-15)7-12(11)13/h4-5,7,11,16H,1-3,6,9H2. The number of rotatable bonds is 4. The Morgan fingerprint density at radius 2 is 2.31 bits per heavy atom. The number of nitrogens with one attached hydrogen (secondary N) is 1. The summed E-state index contributed by atoms with van der Waals surface area (Å²) in [6.45, 7) is 1.03. The lowest BCUT2D eigenvalue weighted by molar-refractivity contribution is 0.626. The molecule has 1 unspecified atom stereocenters. The lowest BCUT2D eigenvalue weighted by atomic mass is 9.94. The van der Waals surface area contributed by atoms with Crippen molar-refractivity contribution in [3.63, 3.8) is 0 Å². The van der Waals surface area contributed by atoms with Gasteiger partial charge in [-0.15, -0.1) is 0 Å². The molecule has 0 saturated heterocycles. The molecule has 3 heteroatoms. The molecule has 2 nitrogen and oxygen atoms in total. The van der Waals surface area contributed by atoms with Crippen molar-refractivity contribution in [1.82, 2.24) is 0 Å². The average molecular weight is 326 g/mol. The Kier molecular flexibility index (Phi) is 4.05. The summed E-state index contributed by atoms with van der Waals surface area (Å²) in [6, 6.07) is 8.18. The molecule has 0 fully saturated rings. The fraction of sp³-hybridized carbons (Fsp3) is 0.462. The van der Waals surface area contributed by atoms with Crippen LogP contribution in [0.5, 0.6) is 0 Å². The number of nitriles is 1. The van der Waals surface area contributed by atoms with Crippen LogP contribution in [0.1, 0.15) is 36.3 Å². The van der Waals surface area contributed by atoms with E-state index in [1.54, 1.807) is 0 Å². The van der Waals surface area contributed by atoms with Gasteiger partial charge in [0.25, 0.3) is 0 Å². The zero-order valence-corrected chi connectivity index (χ0v) is 11.3. The van der Waals surface area contributed by atoms with Crippen LogP contribution in [-0.4, -0.2) is 11.0 Å². The molecule has 0 bridgehead atoms. The first-order valence-electron chi connectivity index (χ1n) is 5.69. The molecular weight excluding hydrogens is 311 g/mol. The minimum Gasteiger partial charge on any atom is -0.384 e. The highest BCUT2D eigenvalue weighted by atomic mass is 127. The molecule has 0 aromatic heterocycles. The predicted molar refractivity (Wildman–Crippen MR) is 75.1 cm³/mol.